The summed E-state index contributed by atoms with van der Waals surface area (Å²) in [6.45, 7) is 2.24. The second-order valence-electron chi connectivity index (χ2n) is 8.32. The molecule has 5 nitrogen and oxygen atoms in total. The molecule has 1 atom stereocenters. The first-order valence-corrected chi connectivity index (χ1v) is 10.3. The van der Waals surface area contributed by atoms with E-state index in [-0.39, 0.29) is 5.91 Å². The van der Waals surface area contributed by atoms with Gasteiger partial charge in [-0.2, -0.15) is 0 Å². The van der Waals surface area contributed by atoms with Gasteiger partial charge in [-0.15, -0.1) is 10.2 Å². The van der Waals surface area contributed by atoms with E-state index in [1.54, 1.807) is 6.33 Å². The Kier molecular flexibility index (Phi) is 4.35. The molecule has 4 aliphatic rings. The molecule has 1 heterocycles. The number of nitrogens with one attached hydrogen (secondary N) is 1. The van der Waals surface area contributed by atoms with Crippen LogP contribution in [0.3, 0.4) is 0 Å². The summed E-state index contributed by atoms with van der Waals surface area (Å²) >= 11 is 1.47. The predicted molar refractivity (Wildman–Crippen MR) is 94.6 cm³/mol. The Bertz CT molecular complexity index is 579. The lowest BCUT2D eigenvalue weighted by Gasteiger charge is -2.59. The zero-order valence-corrected chi connectivity index (χ0v) is 15.5. The topological polar surface area (TPSA) is 59.8 Å². The van der Waals surface area contributed by atoms with Gasteiger partial charge in [0.1, 0.15) is 6.33 Å². The zero-order valence-electron chi connectivity index (χ0n) is 14.7. The first-order valence-electron chi connectivity index (χ1n) is 9.34. The highest BCUT2D eigenvalue weighted by Gasteiger charge is 2.53. The van der Waals surface area contributed by atoms with Gasteiger partial charge < -0.3 is 9.88 Å². The highest BCUT2D eigenvalue weighted by atomic mass is 32.2. The van der Waals surface area contributed by atoms with E-state index in [1.807, 2.05) is 11.6 Å². The van der Waals surface area contributed by atoms with Gasteiger partial charge in [0.25, 0.3) is 0 Å². The van der Waals surface area contributed by atoms with Crippen molar-refractivity contribution in [1.29, 1.82) is 0 Å². The van der Waals surface area contributed by atoms with Crippen LogP contribution in [0.5, 0.6) is 0 Å². The number of thioether (sulfide) groups is 1. The summed E-state index contributed by atoms with van der Waals surface area (Å²) in [7, 11) is 1.91. The summed E-state index contributed by atoms with van der Waals surface area (Å²) in [4.78, 5) is 12.5. The number of aryl methyl sites for hydroxylation is 1. The van der Waals surface area contributed by atoms with Crippen molar-refractivity contribution in [2.24, 2.45) is 30.2 Å². The van der Waals surface area contributed by atoms with E-state index in [2.05, 4.69) is 22.4 Å². The van der Waals surface area contributed by atoms with E-state index >= 15 is 0 Å². The van der Waals surface area contributed by atoms with Gasteiger partial charge in [-0.25, -0.2) is 0 Å². The third-order valence-corrected chi connectivity index (χ3v) is 7.60. The number of aromatic nitrogens is 3. The van der Waals surface area contributed by atoms with Crippen LogP contribution in [-0.4, -0.2) is 32.5 Å². The molecule has 6 heteroatoms. The van der Waals surface area contributed by atoms with Crippen molar-refractivity contribution < 1.29 is 4.79 Å². The molecule has 1 N–H and O–H groups in total. The van der Waals surface area contributed by atoms with Gasteiger partial charge in [0, 0.05) is 13.1 Å². The third-order valence-electron chi connectivity index (χ3n) is 6.57. The monoisotopic (exact) mass is 348 g/mol. The minimum Gasteiger partial charge on any atom is -0.352 e. The van der Waals surface area contributed by atoms with Crippen LogP contribution in [0.2, 0.25) is 0 Å². The van der Waals surface area contributed by atoms with E-state index in [4.69, 9.17) is 0 Å². The summed E-state index contributed by atoms with van der Waals surface area (Å²) in [6.07, 6.45) is 11.1. The van der Waals surface area contributed by atoms with Crippen molar-refractivity contribution in [2.75, 3.05) is 5.75 Å². The van der Waals surface area contributed by atoms with Crippen molar-refractivity contribution in [3.8, 4) is 0 Å². The lowest BCUT2D eigenvalue weighted by Crippen LogP contribution is -2.57. The number of amides is 1. The Balaban J connectivity index is 1.39. The van der Waals surface area contributed by atoms with E-state index in [1.165, 1.54) is 50.3 Å². The molecule has 0 spiro atoms. The molecule has 0 radical (unpaired) electrons. The summed E-state index contributed by atoms with van der Waals surface area (Å²) in [5.41, 5.74) is 0.384. The van der Waals surface area contributed by atoms with E-state index in [9.17, 15) is 4.79 Å². The van der Waals surface area contributed by atoms with Crippen molar-refractivity contribution in [3.05, 3.63) is 6.33 Å². The maximum atomic E-state index is 12.5. The Morgan fingerprint density at radius 2 is 1.96 bits per heavy atom. The van der Waals surface area contributed by atoms with Crippen LogP contribution >= 0.6 is 11.8 Å². The van der Waals surface area contributed by atoms with Crippen molar-refractivity contribution in [3.63, 3.8) is 0 Å². The van der Waals surface area contributed by atoms with Gasteiger partial charge in [0.15, 0.2) is 5.16 Å². The minimum atomic E-state index is 0.144. The molecule has 4 bridgehead atoms. The van der Waals surface area contributed by atoms with E-state index in [0.717, 1.165) is 29.3 Å². The zero-order chi connectivity index (χ0) is 16.7. The van der Waals surface area contributed by atoms with Crippen LogP contribution in [0.1, 0.15) is 51.9 Å². The number of hydrogen-bond acceptors (Lipinski definition) is 4. The fraction of sp³-hybridized carbons (Fsp3) is 0.833. The number of hydrogen-bond donors (Lipinski definition) is 1. The molecule has 1 aromatic heterocycles. The third kappa shape index (κ3) is 2.98. The molecular formula is C18H28N4OS. The highest BCUT2D eigenvalue weighted by Crippen LogP contribution is 2.61. The molecule has 1 aromatic rings. The minimum absolute atomic E-state index is 0.144. The van der Waals surface area contributed by atoms with Gasteiger partial charge >= 0.3 is 0 Å². The van der Waals surface area contributed by atoms with Crippen LogP contribution in [0, 0.1) is 23.2 Å². The molecule has 5 rings (SSSR count). The molecule has 24 heavy (non-hydrogen) atoms. The van der Waals surface area contributed by atoms with Crippen molar-refractivity contribution in [2.45, 2.75) is 63.1 Å². The largest absolute Gasteiger partial charge is 0.352 e. The van der Waals surface area contributed by atoms with E-state index in [0.29, 0.717) is 17.2 Å². The first-order chi connectivity index (χ1) is 11.6. The normalized spacial score (nSPS) is 35.2. The number of carbonyl (C=O) groups excluding carboxylic acids is 1. The second kappa shape index (κ2) is 6.36. The molecule has 1 unspecified atom stereocenters. The highest BCUT2D eigenvalue weighted by molar-refractivity contribution is 7.99. The predicted octanol–water partition coefficient (Wildman–Crippen LogP) is 3.02. The molecule has 4 aliphatic carbocycles. The van der Waals surface area contributed by atoms with Gasteiger partial charge in [-0.05, 0) is 68.1 Å². The van der Waals surface area contributed by atoms with Gasteiger partial charge in [0.2, 0.25) is 5.91 Å². The van der Waals surface area contributed by atoms with Crippen LogP contribution < -0.4 is 5.32 Å². The number of nitrogens with zero attached hydrogens (tertiary/aromatic N) is 3. The first kappa shape index (κ1) is 16.4. The quantitative estimate of drug-likeness (QED) is 0.803. The lowest BCUT2D eigenvalue weighted by molar-refractivity contribution is -0.124. The molecule has 0 aliphatic heterocycles. The van der Waals surface area contributed by atoms with Crippen LogP contribution in [0.25, 0.3) is 0 Å². The van der Waals surface area contributed by atoms with Crippen molar-refractivity contribution in [1.82, 2.24) is 20.1 Å². The van der Waals surface area contributed by atoms with Gasteiger partial charge in [-0.1, -0.05) is 18.7 Å². The maximum absolute atomic E-state index is 12.5. The van der Waals surface area contributed by atoms with Crippen LogP contribution in [0.4, 0.5) is 0 Å². The number of rotatable bonds is 6. The maximum Gasteiger partial charge on any atom is 0.230 e. The Hall–Kier alpha value is -1.04. The smallest absolute Gasteiger partial charge is 0.230 e. The molecule has 0 aromatic carbocycles. The van der Waals surface area contributed by atoms with Gasteiger partial charge in [-0.3, -0.25) is 4.79 Å². The molecule has 0 saturated heterocycles. The summed E-state index contributed by atoms with van der Waals surface area (Å²) < 4.78 is 1.86. The Morgan fingerprint density at radius 3 is 2.46 bits per heavy atom. The SMILES string of the molecule is CCC(NC(=O)CSc1nncn1C)C12CC3CC(CC(C3)C1)C2. The second-order valence-corrected chi connectivity index (χ2v) is 9.26. The fourth-order valence-electron chi connectivity index (χ4n) is 6.06. The van der Waals surface area contributed by atoms with Crippen molar-refractivity contribution >= 4 is 17.7 Å². The Labute approximate surface area is 148 Å². The molecule has 132 valence electrons. The number of carbonyl (C=O) groups is 1. The standard InChI is InChI=1S/C18H28N4OS/c1-3-15(20-16(23)10-24-17-21-19-11-22(17)2)18-7-12-4-13(8-18)6-14(5-12)9-18/h11-15H,3-10H2,1-2H3,(H,20,23). The molecule has 4 fully saturated rings. The summed E-state index contributed by atoms with van der Waals surface area (Å²) in [5, 5.41) is 12.1. The summed E-state index contributed by atoms with van der Waals surface area (Å²) in [6, 6.07) is 0.346. The van der Waals surface area contributed by atoms with Crippen LogP contribution in [0.15, 0.2) is 11.5 Å². The molecular weight excluding hydrogens is 320 g/mol. The van der Waals surface area contributed by atoms with Crippen LogP contribution in [-0.2, 0) is 11.8 Å². The fourth-order valence-corrected chi connectivity index (χ4v) is 6.76. The lowest BCUT2D eigenvalue weighted by atomic mass is 9.47. The Morgan fingerprint density at radius 1 is 1.33 bits per heavy atom. The van der Waals surface area contributed by atoms with Gasteiger partial charge in [0.05, 0.1) is 5.75 Å². The van der Waals surface area contributed by atoms with E-state index < -0.39 is 0 Å². The average molecular weight is 349 g/mol. The summed E-state index contributed by atoms with van der Waals surface area (Å²) in [5.74, 6) is 3.35. The average Bonchev–Trinajstić information content (AvgIpc) is 2.94. The molecule has 4 saturated carbocycles. The molecule has 1 amide bonds.